The molecule has 0 amide bonds. The van der Waals surface area contributed by atoms with Gasteiger partial charge >= 0.3 is 0 Å². The highest BCUT2D eigenvalue weighted by Gasteiger charge is 2.47. The maximum absolute atomic E-state index is 12.1. The highest BCUT2D eigenvalue weighted by molar-refractivity contribution is 7.80. The van der Waals surface area contributed by atoms with E-state index in [1.807, 2.05) is 65.6 Å². The summed E-state index contributed by atoms with van der Waals surface area (Å²) in [6.45, 7) is 0.616. The Morgan fingerprint density at radius 3 is 1.96 bits per heavy atom. The van der Waals surface area contributed by atoms with Crippen LogP contribution in [-0.2, 0) is 5.60 Å². The van der Waals surface area contributed by atoms with Gasteiger partial charge in [0.25, 0.3) is 5.43 Å². The van der Waals surface area contributed by atoms with Crippen LogP contribution in [0.3, 0.4) is 0 Å². The van der Waals surface area contributed by atoms with Crippen LogP contribution in [0.1, 0.15) is 24.0 Å². The molecule has 26 heavy (non-hydrogen) atoms. The van der Waals surface area contributed by atoms with Gasteiger partial charge in [-0.2, -0.15) is 0 Å². The summed E-state index contributed by atoms with van der Waals surface area (Å²) in [4.78, 5) is 25.8. The average molecular weight is 365 g/mol. The smallest absolute Gasteiger partial charge is 0.251 e. The van der Waals surface area contributed by atoms with Gasteiger partial charge in [-0.1, -0.05) is 60.7 Å². The minimum atomic E-state index is -1.29. The molecule has 4 rings (SSSR count). The molecule has 1 saturated heterocycles. The van der Waals surface area contributed by atoms with E-state index in [2.05, 4.69) is 12.6 Å². The van der Waals surface area contributed by atoms with Crippen LogP contribution < -0.4 is 15.8 Å². The summed E-state index contributed by atoms with van der Waals surface area (Å²) in [5, 5.41) is 11.9. The zero-order valence-corrected chi connectivity index (χ0v) is 15.0. The van der Waals surface area contributed by atoms with Crippen LogP contribution in [0.25, 0.3) is 0 Å². The van der Waals surface area contributed by atoms with Gasteiger partial charge in [-0.3, -0.25) is 9.59 Å². The second-order valence-electron chi connectivity index (χ2n) is 6.71. The maximum atomic E-state index is 12.1. The molecule has 0 unspecified atom stereocenters. The van der Waals surface area contributed by atoms with Crippen molar-refractivity contribution in [2.24, 2.45) is 0 Å². The molecule has 1 fully saturated rings. The van der Waals surface area contributed by atoms with Crippen molar-refractivity contribution in [2.45, 2.75) is 29.4 Å². The lowest BCUT2D eigenvalue weighted by molar-refractivity contribution is 0.0528. The predicted octanol–water partition coefficient (Wildman–Crippen LogP) is 2.48. The van der Waals surface area contributed by atoms with E-state index in [9.17, 15) is 14.7 Å². The number of anilines is 1. The van der Waals surface area contributed by atoms with Crippen molar-refractivity contribution in [3.63, 3.8) is 0 Å². The van der Waals surface area contributed by atoms with Crippen LogP contribution in [0.15, 0.2) is 75.1 Å². The van der Waals surface area contributed by atoms with Crippen molar-refractivity contribution in [1.82, 2.24) is 0 Å². The molecule has 132 valence electrons. The van der Waals surface area contributed by atoms with Crippen LogP contribution in [0.2, 0.25) is 0 Å². The van der Waals surface area contributed by atoms with Crippen LogP contribution >= 0.6 is 12.6 Å². The lowest BCUT2D eigenvalue weighted by Crippen LogP contribution is -2.52. The monoisotopic (exact) mass is 365 g/mol. The summed E-state index contributed by atoms with van der Waals surface area (Å²) in [5.74, 6) is 0. The first kappa shape index (κ1) is 17.1. The topological polar surface area (TPSA) is 57.6 Å². The summed E-state index contributed by atoms with van der Waals surface area (Å²) in [7, 11) is 0. The minimum Gasteiger partial charge on any atom is -0.378 e. The third-order valence-corrected chi connectivity index (χ3v) is 5.73. The molecule has 0 bridgehead atoms. The lowest BCUT2D eigenvalue weighted by Gasteiger charge is -2.41. The first-order chi connectivity index (χ1) is 12.5. The van der Waals surface area contributed by atoms with Crippen molar-refractivity contribution in [3.8, 4) is 0 Å². The van der Waals surface area contributed by atoms with Crippen molar-refractivity contribution in [2.75, 3.05) is 11.4 Å². The Hall–Kier alpha value is -2.37. The predicted molar refractivity (Wildman–Crippen MR) is 105 cm³/mol. The number of nitrogens with zero attached hydrogens (tertiary/aromatic N) is 1. The Morgan fingerprint density at radius 1 is 0.923 bits per heavy atom. The van der Waals surface area contributed by atoms with Crippen molar-refractivity contribution < 1.29 is 5.11 Å². The Kier molecular flexibility index (Phi) is 4.21. The summed E-state index contributed by atoms with van der Waals surface area (Å²) < 4.78 is 0. The van der Waals surface area contributed by atoms with Gasteiger partial charge in [0, 0.05) is 6.54 Å². The molecule has 0 radical (unpaired) electrons. The third kappa shape index (κ3) is 2.42. The van der Waals surface area contributed by atoms with Crippen LogP contribution in [0, 0.1) is 0 Å². The average Bonchev–Trinajstić information content (AvgIpc) is 3.18. The first-order valence-electron chi connectivity index (χ1n) is 8.67. The van der Waals surface area contributed by atoms with Crippen LogP contribution in [0.4, 0.5) is 5.69 Å². The van der Waals surface area contributed by atoms with E-state index in [-0.39, 0.29) is 10.9 Å². The number of aliphatic hydroxyl groups is 1. The molecule has 4 nitrogen and oxygen atoms in total. The molecule has 1 N–H and O–H groups in total. The number of hydrogen-bond acceptors (Lipinski definition) is 5. The molecule has 1 atom stereocenters. The Labute approximate surface area is 156 Å². The quantitative estimate of drug-likeness (QED) is 0.551. The van der Waals surface area contributed by atoms with E-state index in [0.717, 1.165) is 17.5 Å². The normalized spacial score (nSPS) is 17.8. The van der Waals surface area contributed by atoms with Gasteiger partial charge < -0.3 is 10.0 Å². The molecule has 1 heterocycles. The number of thiol groups is 1. The zero-order chi connectivity index (χ0) is 18.3. The molecule has 0 aromatic heterocycles. The number of hydrogen-bond donors (Lipinski definition) is 2. The van der Waals surface area contributed by atoms with Gasteiger partial charge in [0.2, 0.25) is 5.43 Å². The molecule has 1 aliphatic heterocycles. The zero-order valence-electron chi connectivity index (χ0n) is 14.1. The van der Waals surface area contributed by atoms with E-state index in [1.165, 1.54) is 0 Å². The van der Waals surface area contributed by atoms with E-state index in [1.54, 1.807) is 0 Å². The molecule has 0 spiro atoms. The van der Waals surface area contributed by atoms with Crippen molar-refractivity contribution in [1.29, 1.82) is 0 Å². The summed E-state index contributed by atoms with van der Waals surface area (Å²) in [6, 6.07) is 18.6. The van der Waals surface area contributed by atoms with Gasteiger partial charge in [-0.25, -0.2) is 0 Å². The van der Waals surface area contributed by atoms with E-state index >= 15 is 0 Å². The second kappa shape index (κ2) is 6.41. The van der Waals surface area contributed by atoms with E-state index in [4.69, 9.17) is 0 Å². The van der Waals surface area contributed by atoms with Gasteiger partial charge in [0.15, 0.2) is 0 Å². The van der Waals surface area contributed by atoms with E-state index in [0.29, 0.717) is 18.7 Å². The highest BCUT2D eigenvalue weighted by Crippen LogP contribution is 2.42. The summed E-state index contributed by atoms with van der Waals surface area (Å²) in [5.41, 5.74) is -0.475. The fourth-order valence-corrected chi connectivity index (χ4v) is 4.37. The van der Waals surface area contributed by atoms with Gasteiger partial charge in [-0.05, 0) is 24.0 Å². The molecular weight excluding hydrogens is 346 g/mol. The largest absolute Gasteiger partial charge is 0.378 e. The van der Waals surface area contributed by atoms with Crippen LogP contribution in [-0.4, -0.2) is 17.7 Å². The third-order valence-electron chi connectivity index (χ3n) is 5.31. The number of rotatable bonds is 4. The molecule has 0 aliphatic carbocycles. The standard InChI is InChI=1S/C21H19NO3S/c23-18-17(20(26)19(18)24)22-13-7-12-16(22)21(25,14-8-3-1-4-9-14)15-10-5-2-6-11-15/h1-6,8-11,16,25-26H,7,12-13H2/t16-/m0/s1. The minimum absolute atomic E-state index is 0.199. The maximum Gasteiger partial charge on any atom is 0.251 e. The molecule has 0 saturated carbocycles. The first-order valence-corrected chi connectivity index (χ1v) is 9.12. The van der Waals surface area contributed by atoms with Gasteiger partial charge in [0.1, 0.15) is 11.3 Å². The van der Waals surface area contributed by atoms with Crippen molar-refractivity contribution >= 4 is 18.3 Å². The molecule has 5 heteroatoms. The van der Waals surface area contributed by atoms with E-state index < -0.39 is 16.5 Å². The Morgan fingerprint density at radius 2 is 1.46 bits per heavy atom. The fourth-order valence-electron chi connectivity index (χ4n) is 4.04. The SMILES string of the molecule is O=c1c(S)c(N2CCC[C@H]2C(O)(c2ccccc2)c2ccccc2)c1=O. The van der Waals surface area contributed by atoms with Crippen molar-refractivity contribution in [3.05, 3.63) is 92.2 Å². The number of benzene rings is 2. The summed E-state index contributed by atoms with van der Waals surface area (Å²) in [6.07, 6.45) is 1.55. The molecule has 1 aliphatic rings. The van der Waals surface area contributed by atoms with Gasteiger partial charge in [-0.15, -0.1) is 12.6 Å². The Bertz CT molecular complexity index is 954. The highest BCUT2D eigenvalue weighted by atomic mass is 32.1. The summed E-state index contributed by atoms with van der Waals surface area (Å²) >= 11 is 4.21. The van der Waals surface area contributed by atoms with Gasteiger partial charge in [0.05, 0.1) is 10.9 Å². The lowest BCUT2D eigenvalue weighted by atomic mass is 9.79. The second-order valence-corrected chi connectivity index (χ2v) is 7.15. The Balaban J connectivity index is 1.87. The van der Waals surface area contributed by atoms with Crippen LogP contribution in [0.5, 0.6) is 0 Å². The molecular formula is C21H19NO3S. The fraction of sp³-hybridized carbons (Fsp3) is 0.238. The molecule has 3 aromatic rings. The molecule has 3 aromatic carbocycles.